The highest BCUT2D eigenvalue weighted by Gasteiger charge is 2.49. The van der Waals surface area contributed by atoms with Crippen LogP contribution >= 0.6 is 11.6 Å². The number of nitrogens with one attached hydrogen (secondary N) is 2. The van der Waals surface area contributed by atoms with Gasteiger partial charge in [-0.2, -0.15) is 5.10 Å². The third kappa shape index (κ3) is 7.95. The Labute approximate surface area is 277 Å². The molecule has 252 valence electrons. The fourth-order valence-electron chi connectivity index (χ4n) is 6.78. The van der Waals surface area contributed by atoms with Crippen molar-refractivity contribution in [2.24, 2.45) is 5.41 Å². The number of ether oxygens (including phenoxy) is 2. The van der Waals surface area contributed by atoms with Gasteiger partial charge < -0.3 is 24.6 Å². The number of likely N-dealkylation sites (tertiary alicyclic amines) is 1. The van der Waals surface area contributed by atoms with Crippen molar-refractivity contribution < 1.29 is 27.8 Å². The van der Waals surface area contributed by atoms with Gasteiger partial charge in [0.2, 0.25) is 0 Å². The number of halogens is 3. The number of piperidine rings is 1. The third-order valence-electron chi connectivity index (χ3n) is 9.21. The second kappa shape index (κ2) is 12.9. The van der Waals surface area contributed by atoms with Gasteiger partial charge in [-0.1, -0.05) is 0 Å². The number of alkyl halides is 3. The molecule has 0 bridgehead atoms. The zero-order valence-corrected chi connectivity index (χ0v) is 27.5. The van der Waals surface area contributed by atoms with E-state index in [1.165, 1.54) is 24.3 Å². The predicted octanol–water partition coefficient (Wildman–Crippen LogP) is 6.19. The maximum Gasteiger partial charge on any atom is 0.487 e. The normalized spacial score (nSPS) is 18.9. The Morgan fingerprint density at radius 1 is 1.02 bits per heavy atom. The number of piperazine rings is 1. The molecule has 1 spiro atoms. The van der Waals surface area contributed by atoms with Crippen LogP contribution in [0.4, 0.5) is 25.1 Å². The van der Waals surface area contributed by atoms with Gasteiger partial charge in [0.1, 0.15) is 17.2 Å². The van der Waals surface area contributed by atoms with Gasteiger partial charge in [-0.25, -0.2) is 9.78 Å². The summed E-state index contributed by atoms with van der Waals surface area (Å²) in [5.41, 5.74) is -1.75. The number of carbonyl (C=O) groups excluding carboxylic acids is 2. The quantitative estimate of drug-likeness (QED) is 0.286. The Hall–Kier alpha value is -3.97. The van der Waals surface area contributed by atoms with Gasteiger partial charge in [0.05, 0.1) is 11.3 Å². The van der Waals surface area contributed by atoms with E-state index >= 15 is 0 Å². The van der Waals surface area contributed by atoms with E-state index in [0.29, 0.717) is 22.7 Å². The summed E-state index contributed by atoms with van der Waals surface area (Å²) in [5, 5.41) is 9.86. The van der Waals surface area contributed by atoms with Crippen molar-refractivity contribution in [3.63, 3.8) is 0 Å². The first-order valence-electron chi connectivity index (χ1n) is 15.9. The molecule has 14 heteroatoms. The van der Waals surface area contributed by atoms with E-state index in [1.807, 2.05) is 31.7 Å². The summed E-state index contributed by atoms with van der Waals surface area (Å²) in [5.74, 6) is 0.239. The van der Waals surface area contributed by atoms with Crippen LogP contribution in [0.15, 0.2) is 48.8 Å². The number of carbonyl (C=O) groups is 2. The third-order valence-corrected chi connectivity index (χ3v) is 9.29. The highest BCUT2D eigenvalue weighted by atomic mass is 35.5. The first-order valence-corrected chi connectivity index (χ1v) is 16.3. The zero-order chi connectivity index (χ0) is 33.4. The van der Waals surface area contributed by atoms with Crippen LogP contribution in [0, 0.1) is 5.41 Å². The number of rotatable bonds is 7. The monoisotopic (exact) mass is 671 g/mol. The summed E-state index contributed by atoms with van der Waals surface area (Å²) >= 11 is 4.82. The molecule has 1 aromatic carbocycles. The Morgan fingerprint density at radius 3 is 2.30 bits per heavy atom. The molecule has 2 saturated heterocycles. The van der Waals surface area contributed by atoms with Crippen molar-refractivity contribution in [2.45, 2.75) is 63.7 Å². The Balaban J connectivity index is 1.04. The molecule has 0 atom stereocenters. The standard InChI is InChI=1S/C33H40ClF2N7O4/c1-31(2,3)47-30(45)43-12-9-32(10-13-43)19-24(20-32)41-14-16-42(17-15-41)28-26(27-8-11-38-40-27)18-22(21-37-28)29(44)39-23-4-6-25(7-5-23)46-33(34,35)36/h4-8,11,18,21,24H,9-10,12-17,19-20H2,1-3H3,(H,38,40)(H,39,44). The van der Waals surface area contributed by atoms with Crippen LogP contribution in [0.5, 0.6) is 5.75 Å². The van der Waals surface area contributed by atoms with Crippen LogP contribution < -0.4 is 15.0 Å². The summed E-state index contributed by atoms with van der Waals surface area (Å²) in [6.07, 6.45) is 7.34. The van der Waals surface area contributed by atoms with E-state index in [1.54, 1.807) is 18.5 Å². The molecule has 1 aliphatic carbocycles. The lowest BCUT2D eigenvalue weighted by atomic mass is 9.60. The number of pyridine rings is 1. The van der Waals surface area contributed by atoms with E-state index in [9.17, 15) is 18.4 Å². The Bertz CT molecular complexity index is 1550. The smallest absolute Gasteiger partial charge is 0.444 e. The van der Waals surface area contributed by atoms with Gasteiger partial charge in [-0.3, -0.25) is 14.8 Å². The number of hydrogen-bond acceptors (Lipinski definition) is 8. The molecule has 4 heterocycles. The molecular formula is C33H40ClF2N7O4. The van der Waals surface area contributed by atoms with Gasteiger partial charge >= 0.3 is 11.7 Å². The minimum Gasteiger partial charge on any atom is -0.444 e. The minimum absolute atomic E-state index is 0.131. The van der Waals surface area contributed by atoms with Crippen LogP contribution in [-0.2, 0) is 4.74 Å². The molecule has 2 amide bonds. The summed E-state index contributed by atoms with van der Waals surface area (Å²) in [7, 11) is 0. The van der Waals surface area contributed by atoms with Gasteiger partial charge in [-0.05, 0) is 88.3 Å². The maximum absolute atomic E-state index is 13.1. The molecule has 0 radical (unpaired) electrons. The molecule has 0 unspecified atom stereocenters. The largest absolute Gasteiger partial charge is 0.487 e. The molecule has 3 aliphatic rings. The average molecular weight is 672 g/mol. The number of hydrogen-bond donors (Lipinski definition) is 2. The van der Waals surface area contributed by atoms with E-state index in [0.717, 1.165) is 82.0 Å². The summed E-state index contributed by atoms with van der Waals surface area (Å²) < 4.78 is 35.7. The lowest BCUT2D eigenvalue weighted by molar-refractivity contribution is -0.0964. The van der Waals surface area contributed by atoms with Gasteiger partial charge in [0.15, 0.2) is 0 Å². The SMILES string of the molecule is CC(C)(C)OC(=O)N1CCC2(CC1)CC(N1CCN(c3ncc(C(=O)Nc4ccc(OC(F)(F)Cl)cc4)cc3-c3ccn[nH]3)CC1)C2. The van der Waals surface area contributed by atoms with E-state index < -0.39 is 17.1 Å². The van der Waals surface area contributed by atoms with Gasteiger partial charge in [-0.15, -0.1) is 8.78 Å². The molecule has 6 rings (SSSR count). The van der Waals surface area contributed by atoms with Gasteiger partial charge in [0.25, 0.3) is 5.91 Å². The fraction of sp³-hybridized carbons (Fsp3) is 0.515. The van der Waals surface area contributed by atoms with E-state index in [-0.39, 0.29) is 11.8 Å². The van der Waals surface area contributed by atoms with Crippen LogP contribution in [0.25, 0.3) is 11.3 Å². The topological polar surface area (TPSA) is 116 Å². The number of aromatic amines is 1. The molecule has 2 aromatic heterocycles. The van der Waals surface area contributed by atoms with Crippen molar-refractivity contribution >= 4 is 35.1 Å². The van der Waals surface area contributed by atoms with Crippen molar-refractivity contribution in [2.75, 3.05) is 49.5 Å². The molecule has 1 saturated carbocycles. The molecule has 2 aliphatic heterocycles. The Kier molecular flexibility index (Phi) is 9.05. The second-order valence-electron chi connectivity index (χ2n) is 13.6. The van der Waals surface area contributed by atoms with Crippen LogP contribution in [0.1, 0.15) is 56.8 Å². The number of benzene rings is 1. The Morgan fingerprint density at radius 2 is 1.70 bits per heavy atom. The van der Waals surface area contributed by atoms with Crippen LogP contribution in [-0.4, -0.2) is 93.5 Å². The highest BCUT2D eigenvalue weighted by molar-refractivity contribution is 6.20. The lowest BCUT2D eigenvalue weighted by Gasteiger charge is -2.56. The number of nitrogens with zero attached hydrogens (tertiary/aromatic N) is 5. The fourth-order valence-corrected chi connectivity index (χ4v) is 6.87. The van der Waals surface area contributed by atoms with E-state index in [4.69, 9.17) is 21.3 Å². The van der Waals surface area contributed by atoms with E-state index in [2.05, 4.69) is 30.1 Å². The number of amides is 2. The van der Waals surface area contributed by atoms with Crippen LogP contribution in [0.2, 0.25) is 0 Å². The van der Waals surface area contributed by atoms with Crippen molar-refractivity contribution in [1.29, 1.82) is 0 Å². The van der Waals surface area contributed by atoms with Gasteiger partial charge in [0, 0.05) is 80.6 Å². The van der Waals surface area contributed by atoms with Crippen molar-refractivity contribution in [1.82, 2.24) is 25.0 Å². The maximum atomic E-state index is 13.1. The minimum atomic E-state index is -3.82. The molecule has 11 nitrogen and oxygen atoms in total. The summed E-state index contributed by atoms with van der Waals surface area (Å²) in [6, 6.07) is 9.65. The molecule has 3 aromatic rings. The first kappa shape index (κ1) is 33.0. The predicted molar refractivity (Wildman–Crippen MR) is 174 cm³/mol. The second-order valence-corrected chi connectivity index (χ2v) is 14.1. The number of aromatic nitrogens is 3. The average Bonchev–Trinajstić information content (AvgIpc) is 3.54. The zero-order valence-electron chi connectivity index (χ0n) is 26.8. The summed E-state index contributed by atoms with van der Waals surface area (Å²) in [6.45, 7) is 10.6. The van der Waals surface area contributed by atoms with Crippen LogP contribution in [0.3, 0.4) is 0 Å². The summed E-state index contributed by atoms with van der Waals surface area (Å²) in [4.78, 5) is 37.0. The van der Waals surface area contributed by atoms with Crippen molar-refractivity contribution in [3.8, 4) is 17.0 Å². The first-order chi connectivity index (χ1) is 22.3. The van der Waals surface area contributed by atoms with Crippen molar-refractivity contribution in [3.05, 3.63) is 54.4 Å². The number of anilines is 2. The molecule has 3 fully saturated rings. The highest BCUT2D eigenvalue weighted by Crippen LogP contribution is 2.51. The molecule has 2 N–H and O–H groups in total. The molecule has 47 heavy (non-hydrogen) atoms. The molecular weight excluding hydrogens is 632 g/mol. The lowest BCUT2D eigenvalue weighted by Crippen LogP contribution is -2.59. The number of H-pyrrole nitrogens is 1.